The van der Waals surface area contributed by atoms with Gasteiger partial charge in [0.05, 0.1) is 24.8 Å². The van der Waals surface area contributed by atoms with E-state index in [-0.39, 0.29) is 18.2 Å². The van der Waals surface area contributed by atoms with Gasteiger partial charge in [-0.2, -0.15) is 5.26 Å². The second-order valence-corrected chi connectivity index (χ2v) is 3.67. The molecule has 1 aromatic heterocycles. The highest BCUT2D eigenvalue weighted by molar-refractivity contribution is 5.76. The van der Waals surface area contributed by atoms with E-state index >= 15 is 0 Å². The van der Waals surface area contributed by atoms with E-state index in [0.717, 1.165) is 18.6 Å². The molecule has 1 unspecified atom stereocenters. The van der Waals surface area contributed by atoms with E-state index in [1.54, 1.807) is 18.4 Å². The summed E-state index contributed by atoms with van der Waals surface area (Å²) in [5, 5.41) is 11.5. The van der Waals surface area contributed by atoms with Crippen LogP contribution >= 0.6 is 0 Å². The van der Waals surface area contributed by atoms with Crippen molar-refractivity contribution in [3.05, 3.63) is 24.2 Å². The molecule has 4 heteroatoms. The van der Waals surface area contributed by atoms with Gasteiger partial charge in [-0.3, -0.25) is 4.79 Å². The number of amides is 1. The highest BCUT2D eigenvalue weighted by atomic mass is 16.3. The number of hydrogen-bond donors (Lipinski definition) is 1. The Morgan fingerprint density at radius 1 is 1.69 bits per heavy atom. The first-order chi connectivity index (χ1) is 7.76. The molecule has 86 valence electrons. The molecule has 1 rings (SSSR count). The maximum atomic E-state index is 11.5. The van der Waals surface area contributed by atoms with Gasteiger partial charge in [0.1, 0.15) is 5.76 Å². The van der Waals surface area contributed by atoms with Gasteiger partial charge in [-0.25, -0.2) is 0 Å². The zero-order valence-electron chi connectivity index (χ0n) is 9.40. The Balaban J connectivity index is 2.27. The van der Waals surface area contributed by atoms with Crippen molar-refractivity contribution < 1.29 is 9.21 Å². The zero-order valence-corrected chi connectivity index (χ0v) is 9.40. The van der Waals surface area contributed by atoms with Crippen LogP contribution in [0, 0.1) is 17.2 Å². The topological polar surface area (TPSA) is 66.0 Å². The molecule has 0 saturated heterocycles. The summed E-state index contributed by atoms with van der Waals surface area (Å²) < 4.78 is 5.08. The minimum atomic E-state index is -0.179. The molecule has 1 amide bonds. The fourth-order valence-corrected chi connectivity index (χ4v) is 1.46. The molecule has 0 radical (unpaired) electrons. The van der Waals surface area contributed by atoms with Crippen LogP contribution in [0.3, 0.4) is 0 Å². The van der Waals surface area contributed by atoms with E-state index in [9.17, 15) is 4.79 Å². The normalized spacial score (nSPS) is 11.8. The van der Waals surface area contributed by atoms with Gasteiger partial charge in [0.25, 0.3) is 0 Å². The Morgan fingerprint density at radius 2 is 2.50 bits per heavy atom. The van der Waals surface area contributed by atoms with Crippen molar-refractivity contribution in [2.45, 2.75) is 32.7 Å². The van der Waals surface area contributed by atoms with Crippen LogP contribution in [0.25, 0.3) is 0 Å². The molecule has 16 heavy (non-hydrogen) atoms. The highest BCUT2D eigenvalue weighted by Crippen LogP contribution is 2.09. The van der Waals surface area contributed by atoms with Crippen LogP contribution in [0.2, 0.25) is 0 Å². The molecule has 0 fully saturated rings. The fourth-order valence-electron chi connectivity index (χ4n) is 1.46. The van der Waals surface area contributed by atoms with E-state index in [1.807, 2.05) is 6.92 Å². The van der Waals surface area contributed by atoms with Gasteiger partial charge >= 0.3 is 0 Å². The van der Waals surface area contributed by atoms with Gasteiger partial charge in [0.15, 0.2) is 0 Å². The predicted octanol–water partition coefficient (Wildman–Crippen LogP) is 2.23. The number of nitriles is 1. The molecular formula is C12H16N2O2. The Hall–Kier alpha value is -1.76. The number of hydrogen-bond acceptors (Lipinski definition) is 3. The van der Waals surface area contributed by atoms with Crippen LogP contribution in [-0.4, -0.2) is 5.91 Å². The average molecular weight is 220 g/mol. The smallest absolute Gasteiger partial charge is 0.221 e. The van der Waals surface area contributed by atoms with Gasteiger partial charge in [0, 0.05) is 6.42 Å². The summed E-state index contributed by atoms with van der Waals surface area (Å²) in [4.78, 5) is 11.5. The maximum Gasteiger partial charge on any atom is 0.221 e. The number of furan rings is 1. The third-order valence-electron chi connectivity index (χ3n) is 2.29. The molecule has 0 saturated carbocycles. The number of carbonyl (C=O) groups is 1. The first-order valence-corrected chi connectivity index (χ1v) is 5.45. The van der Waals surface area contributed by atoms with Crippen molar-refractivity contribution in [1.82, 2.24) is 5.32 Å². The summed E-state index contributed by atoms with van der Waals surface area (Å²) in [6.07, 6.45) is 3.52. The molecule has 0 bridgehead atoms. The van der Waals surface area contributed by atoms with Crippen LogP contribution in [0.4, 0.5) is 0 Å². The van der Waals surface area contributed by atoms with Gasteiger partial charge in [-0.15, -0.1) is 0 Å². The molecular weight excluding hydrogens is 204 g/mol. The molecule has 1 heterocycles. The molecule has 1 atom stereocenters. The lowest BCUT2D eigenvalue weighted by molar-refractivity contribution is -0.121. The summed E-state index contributed by atoms with van der Waals surface area (Å²) >= 11 is 0. The highest BCUT2D eigenvalue weighted by Gasteiger charge is 2.12. The molecule has 0 aliphatic rings. The van der Waals surface area contributed by atoms with Gasteiger partial charge < -0.3 is 9.73 Å². The fraction of sp³-hybridized carbons (Fsp3) is 0.500. The van der Waals surface area contributed by atoms with Crippen LogP contribution in [0.5, 0.6) is 0 Å². The van der Waals surface area contributed by atoms with Gasteiger partial charge in [-0.1, -0.05) is 13.3 Å². The second-order valence-electron chi connectivity index (χ2n) is 3.67. The summed E-state index contributed by atoms with van der Waals surface area (Å²) in [6.45, 7) is 2.39. The van der Waals surface area contributed by atoms with Crippen molar-refractivity contribution >= 4 is 5.91 Å². The average Bonchev–Trinajstić information content (AvgIpc) is 2.78. The van der Waals surface area contributed by atoms with Gasteiger partial charge in [-0.05, 0) is 18.6 Å². The Morgan fingerprint density at radius 3 is 3.06 bits per heavy atom. The van der Waals surface area contributed by atoms with E-state index < -0.39 is 0 Å². The number of carbonyl (C=O) groups excluding carboxylic acids is 1. The first-order valence-electron chi connectivity index (χ1n) is 5.45. The molecule has 1 aromatic rings. The molecule has 0 spiro atoms. The van der Waals surface area contributed by atoms with Crippen molar-refractivity contribution in [1.29, 1.82) is 5.26 Å². The Labute approximate surface area is 95.2 Å². The summed E-state index contributed by atoms with van der Waals surface area (Å²) in [6, 6.07) is 5.72. The monoisotopic (exact) mass is 220 g/mol. The van der Waals surface area contributed by atoms with Crippen LogP contribution in [0.1, 0.15) is 31.9 Å². The van der Waals surface area contributed by atoms with Crippen LogP contribution in [0.15, 0.2) is 22.8 Å². The lowest BCUT2D eigenvalue weighted by atomic mass is 10.0. The number of rotatable bonds is 6. The van der Waals surface area contributed by atoms with E-state index in [4.69, 9.17) is 9.68 Å². The summed E-state index contributed by atoms with van der Waals surface area (Å²) in [5.74, 6) is 0.440. The minimum Gasteiger partial charge on any atom is -0.467 e. The van der Waals surface area contributed by atoms with Crippen LogP contribution < -0.4 is 5.32 Å². The first kappa shape index (κ1) is 12.3. The Kier molecular flexibility index (Phi) is 5.13. The Bertz CT molecular complexity index is 352. The van der Waals surface area contributed by atoms with Crippen molar-refractivity contribution in [3.8, 4) is 6.07 Å². The van der Waals surface area contributed by atoms with Crippen molar-refractivity contribution in [3.63, 3.8) is 0 Å². The van der Waals surface area contributed by atoms with E-state index in [2.05, 4.69) is 11.4 Å². The predicted molar refractivity (Wildman–Crippen MR) is 59.2 cm³/mol. The van der Waals surface area contributed by atoms with Crippen molar-refractivity contribution in [2.75, 3.05) is 0 Å². The molecule has 4 nitrogen and oxygen atoms in total. The molecule has 0 aliphatic carbocycles. The van der Waals surface area contributed by atoms with E-state index in [1.165, 1.54) is 0 Å². The minimum absolute atomic E-state index is 0.101. The summed E-state index contributed by atoms with van der Waals surface area (Å²) in [5.41, 5.74) is 0. The van der Waals surface area contributed by atoms with E-state index in [0.29, 0.717) is 6.54 Å². The standard InChI is InChI=1S/C12H16N2O2/c1-2-4-10(8-13)7-12(15)14-9-11-5-3-6-16-11/h3,5-6,10H,2,4,7,9H2,1H3,(H,14,15). The van der Waals surface area contributed by atoms with Crippen molar-refractivity contribution in [2.24, 2.45) is 5.92 Å². The quantitative estimate of drug-likeness (QED) is 0.799. The molecule has 0 aromatic carbocycles. The SMILES string of the molecule is CCCC(C#N)CC(=O)NCc1ccco1. The number of nitrogens with one attached hydrogen (secondary N) is 1. The lowest BCUT2D eigenvalue weighted by Crippen LogP contribution is -2.24. The maximum absolute atomic E-state index is 11.5. The summed E-state index contributed by atoms with van der Waals surface area (Å²) in [7, 11) is 0. The molecule has 0 aliphatic heterocycles. The number of nitrogens with zero attached hydrogens (tertiary/aromatic N) is 1. The zero-order chi connectivity index (χ0) is 11.8. The largest absolute Gasteiger partial charge is 0.467 e. The second kappa shape index (κ2) is 6.67. The van der Waals surface area contributed by atoms with Gasteiger partial charge in [0.2, 0.25) is 5.91 Å². The third-order valence-corrected chi connectivity index (χ3v) is 2.29. The van der Waals surface area contributed by atoms with Crippen LogP contribution in [-0.2, 0) is 11.3 Å². The third kappa shape index (κ3) is 4.18. The molecule has 1 N–H and O–H groups in total. The lowest BCUT2D eigenvalue weighted by Gasteiger charge is -2.07.